The lowest BCUT2D eigenvalue weighted by atomic mass is 9.93. The Balaban J connectivity index is 2.09. The number of nitrogens with one attached hydrogen (secondary N) is 1. The minimum Gasteiger partial charge on any atom is -0.490 e. The van der Waals surface area contributed by atoms with E-state index in [4.69, 9.17) is 9.47 Å². The average Bonchev–Trinajstić information content (AvgIpc) is 2.83. The maximum absolute atomic E-state index is 12.8. The molecule has 1 aromatic rings. The summed E-state index contributed by atoms with van der Waals surface area (Å²) in [5.74, 6) is 0.847. The van der Waals surface area contributed by atoms with Crippen molar-refractivity contribution in [1.29, 1.82) is 0 Å². The minimum absolute atomic E-state index is 0.0260. The predicted octanol–water partition coefficient (Wildman–Crippen LogP) is 4.85. The Kier molecular flexibility index (Phi) is 6.67. The number of hydrogen-bond donors (Lipinski definition) is 1. The molecule has 0 saturated heterocycles. The number of aryl methyl sites for hydroxylation is 1. The van der Waals surface area contributed by atoms with Crippen LogP contribution in [0.5, 0.6) is 5.75 Å². The Morgan fingerprint density at radius 1 is 1.25 bits per heavy atom. The van der Waals surface area contributed by atoms with E-state index >= 15 is 0 Å². The fraction of sp³-hybridized carbons (Fsp3) is 0.650. The maximum atomic E-state index is 12.8. The second-order valence-electron chi connectivity index (χ2n) is 6.88. The molecule has 0 aliphatic heterocycles. The van der Waals surface area contributed by atoms with Gasteiger partial charge in [0.25, 0.3) is 5.91 Å². The van der Waals surface area contributed by atoms with Crippen LogP contribution in [0.15, 0.2) is 18.2 Å². The second kappa shape index (κ2) is 8.52. The van der Waals surface area contributed by atoms with E-state index in [2.05, 4.69) is 19.2 Å². The van der Waals surface area contributed by atoms with E-state index in [1.165, 1.54) is 12.8 Å². The highest BCUT2D eigenvalue weighted by Gasteiger charge is 2.38. The molecule has 4 heteroatoms. The number of amides is 1. The van der Waals surface area contributed by atoms with Gasteiger partial charge in [-0.15, -0.1) is 0 Å². The molecule has 2 rings (SSSR count). The highest BCUT2D eigenvalue weighted by Crippen LogP contribution is 2.32. The smallest absolute Gasteiger partial charge is 0.256 e. The minimum atomic E-state index is -0.684. The molecule has 0 bridgehead atoms. The van der Waals surface area contributed by atoms with Crippen molar-refractivity contribution in [3.63, 3.8) is 0 Å². The molecule has 1 amide bonds. The summed E-state index contributed by atoms with van der Waals surface area (Å²) in [6.07, 6.45) is 7.19. The number of hydrogen-bond acceptors (Lipinski definition) is 3. The number of carbonyl (C=O) groups excluding carboxylic acids is 1. The highest BCUT2D eigenvalue weighted by molar-refractivity contribution is 5.97. The third kappa shape index (κ3) is 4.50. The molecule has 134 valence electrons. The van der Waals surface area contributed by atoms with Gasteiger partial charge >= 0.3 is 0 Å². The van der Waals surface area contributed by atoms with Gasteiger partial charge in [-0.2, -0.15) is 0 Å². The Morgan fingerprint density at radius 2 is 1.92 bits per heavy atom. The van der Waals surface area contributed by atoms with Gasteiger partial charge in [-0.1, -0.05) is 32.6 Å². The number of carbonyl (C=O) groups is 1. The van der Waals surface area contributed by atoms with Crippen LogP contribution in [0.2, 0.25) is 0 Å². The van der Waals surface area contributed by atoms with Crippen LogP contribution >= 0.6 is 0 Å². The van der Waals surface area contributed by atoms with Gasteiger partial charge in [0.15, 0.2) is 0 Å². The lowest BCUT2D eigenvalue weighted by molar-refractivity contribution is -0.139. The van der Waals surface area contributed by atoms with Crippen LogP contribution in [0.25, 0.3) is 0 Å². The van der Waals surface area contributed by atoms with E-state index in [9.17, 15) is 4.79 Å². The maximum Gasteiger partial charge on any atom is 0.256 e. The molecule has 1 saturated carbocycles. The molecule has 0 heterocycles. The van der Waals surface area contributed by atoms with Gasteiger partial charge in [-0.3, -0.25) is 4.79 Å². The first-order chi connectivity index (χ1) is 11.5. The molecular formula is C20H31NO3. The summed E-state index contributed by atoms with van der Waals surface area (Å²) in [5.41, 5.74) is 1.14. The van der Waals surface area contributed by atoms with Crippen molar-refractivity contribution in [3.05, 3.63) is 23.8 Å². The van der Waals surface area contributed by atoms with Gasteiger partial charge < -0.3 is 14.8 Å². The average molecular weight is 333 g/mol. The Labute approximate surface area is 145 Å². The fourth-order valence-electron chi connectivity index (χ4n) is 3.23. The van der Waals surface area contributed by atoms with E-state index in [1.807, 2.05) is 25.1 Å². The topological polar surface area (TPSA) is 47.6 Å². The van der Waals surface area contributed by atoms with Gasteiger partial charge in [-0.25, -0.2) is 0 Å². The molecule has 24 heavy (non-hydrogen) atoms. The first-order valence-corrected chi connectivity index (χ1v) is 9.14. The molecular weight excluding hydrogens is 302 g/mol. The lowest BCUT2D eigenvalue weighted by Crippen LogP contribution is -2.44. The van der Waals surface area contributed by atoms with Gasteiger partial charge in [0, 0.05) is 12.8 Å². The molecule has 0 spiro atoms. The molecule has 0 unspecified atom stereocenters. The van der Waals surface area contributed by atoms with E-state index in [1.54, 1.807) is 7.11 Å². The molecule has 1 aliphatic carbocycles. The molecule has 1 fully saturated rings. The summed E-state index contributed by atoms with van der Waals surface area (Å²) in [6, 6.07) is 5.81. The monoisotopic (exact) mass is 333 g/mol. The van der Waals surface area contributed by atoms with E-state index in [0.29, 0.717) is 0 Å². The first kappa shape index (κ1) is 18.8. The summed E-state index contributed by atoms with van der Waals surface area (Å²) >= 11 is 0. The van der Waals surface area contributed by atoms with E-state index < -0.39 is 5.60 Å². The normalized spacial score (nSPS) is 18.5. The van der Waals surface area contributed by atoms with Gasteiger partial charge in [-0.05, 0) is 56.9 Å². The molecule has 4 nitrogen and oxygen atoms in total. The predicted molar refractivity (Wildman–Crippen MR) is 97.6 cm³/mol. The van der Waals surface area contributed by atoms with Crippen LogP contribution in [0.1, 0.15) is 64.4 Å². The summed E-state index contributed by atoms with van der Waals surface area (Å²) < 4.78 is 11.6. The Morgan fingerprint density at radius 3 is 2.46 bits per heavy atom. The number of rotatable bonds is 6. The van der Waals surface area contributed by atoms with Crippen LogP contribution in [-0.2, 0) is 9.53 Å². The van der Waals surface area contributed by atoms with Gasteiger partial charge in [0.2, 0.25) is 0 Å². The molecule has 1 N–H and O–H groups in total. The number of methoxy groups -OCH3 is 1. The van der Waals surface area contributed by atoms with Crippen LogP contribution in [0.4, 0.5) is 5.69 Å². The third-order valence-electron chi connectivity index (χ3n) is 5.05. The largest absolute Gasteiger partial charge is 0.490 e. The summed E-state index contributed by atoms with van der Waals surface area (Å²) in [7, 11) is 1.65. The van der Waals surface area contributed by atoms with Crippen LogP contribution < -0.4 is 10.1 Å². The second-order valence-corrected chi connectivity index (χ2v) is 6.88. The Bertz CT molecular complexity index is 548. The van der Waals surface area contributed by atoms with Crippen molar-refractivity contribution < 1.29 is 14.3 Å². The van der Waals surface area contributed by atoms with Gasteiger partial charge in [0.1, 0.15) is 11.4 Å². The highest BCUT2D eigenvalue weighted by atomic mass is 16.5. The SMILES string of the molecule is CC[C@@H](C)Oc1ccc(NC(=O)C2(OC)CCCCCC2)cc1C. The van der Waals surface area contributed by atoms with Crippen LogP contribution in [0, 0.1) is 6.92 Å². The molecule has 1 aliphatic rings. The summed E-state index contributed by atoms with van der Waals surface area (Å²) in [4.78, 5) is 12.8. The van der Waals surface area contributed by atoms with Crippen LogP contribution in [0.3, 0.4) is 0 Å². The number of ether oxygens (including phenoxy) is 2. The zero-order valence-electron chi connectivity index (χ0n) is 15.5. The van der Waals surface area contributed by atoms with E-state index in [0.717, 1.165) is 49.1 Å². The molecule has 1 atom stereocenters. The lowest BCUT2D eigenvalue weighted by Gasteiger charge is -2.30. The van der Waals surface area contributed by atoms with Crippen molar-refractivity contribution in [2.24, 2.45) is 0 Å². The number of benzene rings is 1. The zero-order valence-corrected chi connectivity index (χ0v) is 15.5. The number of anilines is 1. The third-order valence-corrected chi connectivity index (χ3v) is 5.05. The van der Waals surface area contributed by atoms with Crippen molar-refractivity contribution in [3.8, 4) is 5.75 Å². The molecule has 0 aromatic heterocycles. The summed E-state index contributed by atoms with van der Waals surface area (Å²) in [6.45, 7) is 6.17. The Hall–Kier alpha value is -1.55. The summed E-state index contributed by atoms with van der Waals surface area (Å²) in [5, 5.41) is 3.05. The van der Waals surface area contributed by atoms with Crippen molar-refractivity contribution in [2.75, 3.05) is 12.4 Å². The van der Waals surface area contributed by atoms with Crippen LogP contribution in [-0.4, -0.2) is 24.7 Å². The quantitative estimate of drug-likeness (QED) is 0.757. The zero-order chi connectivity index (χ0) is 17.6. The molecule has 1 aromatic carbocycles. The van der Waals surface area contributed by atoms with Crippen molar-refractivity contribution in [1.82, 2.24) is 0 Å². The fourth-order valence-corrected chi connectivity index (χ4v) is 3.23. The van der Waals surface area contributed by atoms with E-state index in [-0.39, 0.29) is 12.0 Å². The first-order valence-electron chi connectivity index (χ1n) is 9.14. The van der Waals surface area contributed by atoms with Crippen molar-refractivity contribution in [2.45, 2.75) is 77.4 Å². The van der Waals surface area contributed by atoms with Crippen molar-refractivity contribution >= 4 is 11.6 Å². The van der Waals surface area contributed by atoms with Gasteiger partial charge in [0.05, 0.1) is 6.10 Å². The molecule has 0 radical (unpaired) electrons. The standard InChI is InChI=1S/C20H31NO3/c1-5-16(3)24-18-11-10-17(14-15(18)2)21-19(22)20(23-4)12-8-6-7-9-13-20/h10-11,14,16H,5-9,12-13H2,1-4H3,(H,21,22)/t16-/m1/s1.